The molecule has 10 heteroatoms. The summed E-state index contributed by atoms with van der Waals surface area (Å²) in [5.74, 6) is -5.82. The van der Waals surface area contributed by atoms with Crippen LogP contribution in [0.4, 0.5) is 17.6 Å². The van der Waals surface area contributed by atoms with Crippen LogP contribution in [0.3, 0.4) is 0 Å². The lowest BCUT2D eigenvalue weighted by molar-refractivity contribution is -0.161. The fraction of sp³-hybridized carbons (Fsp3) is 0.391. The first kappa shape index (κ1) is 22.7. The van der Waals surface area contributed by atoms with Crippen molar-refractivity contribution in [2.24, 2.45) is 16.6 Å². The topological polar surface area (TPSA) is 101 Å². The molecule has 1 aromatic heterocycles. The lowest BCUT2D eigenvalue weighted by atomic mass is 9.81. The number of carbonyl (C=O) groups is 1. The lowest BCUT2D eigenvalue weighted by Crippen LogP contribution is -2.57. The van der Waals surface area contributed by atoms with E-state index in [1.807, 2.05) is 6.07 Å². The van der Waals surface area contributed by atoms with Crippen LogP contribution in [0.25, 0.3) is 0 Å². The van der Waals surface area contributed by atoms with Gasteiger partial charge in [0.25, 0.3) is 11.9 Å². The molecular weight excluding hydrogens is 440 g/mol. The molecule has 1 fully saturated rings. The molecule has 6 nitrogen and oxygen atoms in total. The van der Waals surface area contributed by atoms with Crippen molar-refractivity contribution in [3.05, 3.63) is 64.7 Å². The number of ether oxygens (including phenoxy) is 1. The molecule has 0 saturated heterocycles. The standard InChI is InChI=1S/C23H20F4N4O2/c1-22(19(25)20(33-21(29)31-22)23(26,27)14-4-5-14)15-8-12(2-6-16(15)24)9-18(32)17-7-3-13(10-28)11-30-17/h2-3,6-8,11,14,19-20H,4-5,9H2,1H3,(H2,29,31)/t19-,20-,22+/m0/s1. The predicted octanol–water partition coefficient (Wildman–Crippen LogP) is 3.83. The minimum atomic E-state index is -3.49. The highest BCUT2D eigenvalue weighted by Crippen LogP contribution is 2.51. The molecule has 1 saturated carbocycles. The van der Waals surface area contributed by atoms with Gasteiger partial charge in [-0.2, -0.15) is 5.26 Å². The summed E-state index contributed by atoms with van der Waals surface area (Å²) >= 11 is 0. The Balaban J connectivity index is 1.65. The number of Topliss-reactive ketones (excluding diaryl/α,β-unsaturated/α-hetero) is 1. The van der Waals surface area contributed by atoms with Crippen molar-refractivity contribution in [2.75, 3.05) is 0 Å². The van der Waals surface area contributed by atoms with Crippen molar-refractivity contribution in [1.29, 1.82) is 5.26 Å². The molecule has 0 bridgehead atoms. The summed E-state index contributed by atoms with van der Waals surface area (Å²) < 4.78 is 64.7. The molecule has 2 N–H and O–H groups in total. The second-order valence-electron chi connectivity index (χ2n) is 8.44. The molecule has 0 unspecified atom stereocenters. The molecule has 0 radical (unpaired) electrons. The summed E-state index contributed by atoms with van der Waals surface area (Å²) in [6.45, 7) is 1.18. The number of carbonyl (C=O) groups excluding carboxylic acids is 1. The van der Waals surface area contributed by atoms with Gasteiger partial charge in [0.1, 0.15) is 23.1 Å². The number of alkyl halides is 3. The number of rotatable bonds is 6. The van der Waals surface area contributed by atoms with E-state index < -0.39 is 47.3 Å². The Morgan fingerprint density at radius 2 is 2.06 bits per heavy atom. The molecule has 0 amide bonds. The fourth-order valence-corrected chi connectivity index (χ4v) is 3.96. The summed E-state index contributed by atoms with van der Waals surface area (Å²) in [6.07, 6.45) is -3.08. The van der Waals surface area contributed by atoms with Crippen LogP contribution in [-0.2, 0) is 16.7 Å². The third kappa shape index (κ3) is 4.15. The Kier molecular flexibility index (Phi) is 5.60. The van der Waals surface area contributed by atoms with Gasteiger partial charge in [-0.1, -0.05) is 6.07 Å². The van der Waals surface area contributed by atoms with Gasteiger partial charge in [-0.05, 0) is 49.6 Å². The Morgan fingerprint density at radius 1 is 1.33 bits per heavy atom. The maximum absolute atomic E-state index is 15.5. The van der Waals surface area contributed by atoms with Crippen molar-refractivity contribution < 1.29 is 27.1 Å². The van der Waals surface area contributed by atoms with Crippen LogP contribution in [0.5, 0.6) is 0 Å². The second kappa shape index (κ2) is 8.14. The summed E-state index contributed by atoms with van der Waals surface area (Å²) in [5, 5.41) is 8.83. The average molecular weight is 460 g/mol. The van der Waals surface area contributed by atoms with Crippen molar-refractivity contribution in [1.82, 2.24) is 4.98 Å². The molecule has 2 aliphatic rings. The third-order valence-corrected chi connectivity index (χ3v) is 6.01. The van der Waals surface area contributed by atoms with E-state index in [-0.39, 0.29) is 36.1 Å². The van der Waals surface area contributed by atoms with E-state index >= 15 is 4.39 Å². The Bertz CT molecular complexity index is 1160. The van der Waals surface area contributed by atoms with Gasteiger partial charge in [0.15, 0.2) is 18.1 Å². The van der Waals surface area contributed by atoms with E-state index in [0.29, 0.717) is 5.56 Å². The van der Waals surface area contributed by atoms with E-state index in [0.717, 1.165) is 6.07 Å². The molecule has 172 valence electrons. The summed E-state index contributed by atoms with van der Waals surface area (Å²) in [7, 11) is 0. The number of amidine groups is 1. The molecule has 1 aliphatic heterocycles. The predicted molar refractivity (Wildman–Crippen MR) is 110 cm³/mol. The molecule has 2 aromatic rings. The van der Waals surface area contributed by atoms with Gasteiger partial charge in [-0.15, -0.1) is 0 Å². The van der Waals surface area contributed by atoms with Gasteiger partial charge in [-0.25, -0.2) is 22.6 Å². The molecule has 4 rings (SSSR count). The van der Waals surface area contributed by atoms with Crippen LogP contribution in [0.1, 0.15) is 46.9 Å². The number of aromatic nitrogens is 1. The fourth-order valence-electron chi connectivity index (χ4n) is 3.96. The lowest BCUT2D eigenvalue weighted by Gasteiger charge is -2.41. The Labute approximate surface area is 187 Å². The number of nitriles is 1. The van der Waals surface area contributed by atoms with Crippen LogP contribution < -0.4 is 5.73 Å². The van der Waals surface area contributed by atoms with Gasteiger partial charge >= 0.3 is 0 Å². The minimum absolute atomic E-state index is 0.0897. The van der Waals surface area contributed by atoms with Crippen LogP contribution in [0, 0.1) is 23.1 Å². The van der Waals surface area contributed by atoms with Gasteiger partial charge in [0.05, 0.1) is 5.56 Å². The maximum Gasteiger partial charge on any atom is 0.290 e. The number of halogens is 4. The average Bonchev–Trinajstić information content (AvgIpc) is 3.63. The van der Waals surface area contributed by atoms with Crippen LogP contribution >= 0.6 is 0 Å². The zero-order chi connectivity index (χ0) is 24.0. The number of hydrogen-bond acceptors (Lipinski definition) is 6. The summed E-state index contributed by atoms with van der Waals surface area (Å²) in [6, 6.07) is 7.64. The monoisotopic (exact) mass is 460 g/mol. The SMILES string of the molecule is C[C@]1(c2cc(CC(=O)c3ccc(C#N)cn3)ccc2F)N=C(N)O[C@H](C(F)(F)C2CC2)[C@@H]1F. The highest BCUT2D eigenvalue weighted by atomic mass is 19.3. The van der Waals surface area contributed by atoms with Crippen molar-refractivity contribution in [3.63, 3.8) is 0 Å². The number of benzene rings is 1. The highest BCUT2D eigenvalue weighted by Gasteiger charge is 2.62. The number of pyridine rings is 1. The quantitative estimate of drug-likeness (QED) is 0.522. The van der Waals surface area contributed by atoms with E-state index in [1.165, 1.54) is 37.4 Å². The van der Waals surface area contributed by atoms with Crippen molar-refractivity contribution in [2.45, 2.75) is 49.9 Å². The highest BCUT2D eigenvalue weighted by molar-refractivity contribution is 5.95. The second-order valence-corrected chi connectivity index (χ2v) is 8.44. The number of ketones is 1. The Hall–Kier alpha value is -3.48. The summed E-state index contributed by atoms with van der Waals surface area (Å²) in [5.41, 5.74) is 3.89. The van der Waals surface area contributed by atoms with Gasteiger partial charge in [-0.3, -0.25) is 9.78 Å². The van der Waals surface area contributed by atoms with Crippen molar-refractivity contribution in [3.8, 4) is 6.07 Å². The maximum atomic E-state index is 15.5. The first-order valence-corrected chi connectivity index (χ1v) is 10.3. The first-order chi connectivity index (χ1) is 15.6. The van der Waals surface area contributed by atoms with E-state index in [9.17, 15) is 18.0 Å². The van der Waals surface area contributed by atoms with Gasteiger partial charge in [0, 0.05) is 24.1 Å². The minimum Gasteiger partial charge on any atom is -0.452 e. The van der Waals surface area contributed by atoms with E-state index in [4.69, 9.17) is 15.7 Å². The van der Waals surface area contributed by atoms with Crippen molar-refractivity contribution >= 4 is 11.8 Å². The molecule has 2 heterocycles. The van der Waals surface area contributed by atoms with Crippen LogP contribution in [0.2, 0.25) is 0 Å². The summed E-state index contributed by atoms with van der Waals surface area (Å²) in [4.78, 5) is 20.4. The van der Waals surface area contributed by atoms with Gasteiger partial charge in [0.2, 0.25) is 0 Å². The number of nitrogens with two attached hydrogens (primary N) is 1. The molecule has 3 atom stereocenters. The largest absolute Gasteiger partial charge is 0.452 e. The van der Waals surface area contributed by atoms with Crippen LogP contribution in [0.15, 0.2) is 41.5 Å². The molecule has 0 spiro atoms. The number of nitrogens with zero attached hydrogens (tertiary/aromatic N) is 3. The number of hydrogen-bond donors (Lipinski definition) is 1. The van der Waals surface area contributed by atoms with Crippen LogP contribution in [-0.4, -0.2) is 35.0 Å². The molecule has 33 heavy (non-hydrogen) atoms. The Morgan fingerprint density at radius 3 is 2.67 bits per heavy atom. The first-order valence-electron chi connectivity index (χ1n) is 10.3. The zero-order valence-corrected chi connectivity index (χ0v) is 17.6. The van der Waals surface area contributed by atoms with E-state index in [2.05, 4.69) is 9.98 Å². The smallest absolute Gasteiger partial charge is 0.290 e. The third-order valence-electron chi connectivity index (χ3n) is 6.01. The number of aliphatic imine (C=N–C) groups is 1. The van der Waals surface area contributed by atoms with Gasteiger partial charge < -0.3 is 10.5 Å². The van der Waals surface area contributed by atoms with E-state index in [1.54, 1.807) is 0 Å². The molecule has 1 aromatic carbocycles. The normalized spacial score (nSPS) is 25.0. The zero-order valence-electron chi connectivity index (χ0n) is 17.6. The molecule has 1 aliphatic carbocycles. The molecular formula is C23H20F4N4O2.